The van der Waals surface area contributed by atoms with Gasteiger partial charge in [0.2, 0.25) is 0 Å². The van der Waals surface area contributed by atoms with Gasteiger partial charge in [-0.25, -0.2) is 14.6 Å². The third kappa shape index (κ3) is 6.07. The second-order valence-corrected chi connectivity index (χ2v) is 9.98. The van der Waals surface area contributed by atoms with Crippen molar-refractivity contribution >= 4 is 45.3 Å². The molecule has 0 unspecified atom stereocenters. The number of carboxylic acids is 1. The average molecular weight is 617 g/mol. The normalized spacial score (nSPS) is 14.6. The number of halogens is 1. The zero-order valence-electron chi connectivity index (χ0n) is 21.3. The van der Waals surface area contributed by atoms with Gasteiger partial charge in [0.1, 0.15) is 5.75 Å². The molecule has 204 valence electrons. The Morgan fingerprint density at radius 1 is 1.08 bits per heavy atom. The molecule has 0 spiro atoms. The van der Waals surface area contributed by atoms with E-state index >= 15 is 0 Å². The van der Waals surface area contributed by atoms with Gasteiger partial charge in [-0.05, 0) is 71.2 Å². The van der Waals surface area contributed by atoms with Crippen LogP contribution in [0.25, 0.3) is 6.08 Å². The number of carbonyl (C=O) groups excluding carboxylic acids is 1. The fraction of sp³-hybridized carbons (Fsp3) is 0.259. The lowest BCUT2D eigenvalue weighted by Crippen LogP contribution is -2.39. The summed E-state index contributed by atoms with van der Waals surface area (Å²) in [6.45, 7) is 4.10. The van der Waals surface area contributed by atoms with Gasteiger partial charge in [0.25, 0.3) is 5.56 Å². The van der Waals surface area contributed by atoms with Crippen molar-refractivity contribution in [3.05, 3.63) is 83.5 Å². The van der Waals surface area contributed by atoms with Crippen LogP contribution in [0, 0.1) is 0 Å². The van der Waals surface area contributed by atoms with Gasteiger partial charge < -0.3 is 24.1 Å². The van der Waals surface area contributed by atoms with E-state index in [0.717, 1.165) is 0 Å². The number of hydrogen-bond donors (Lipinski definition) is 1. The van der Waals surface area contributed by atoms with Crippen LogP contribution >= 0.6 is 27.3 Å². The molecule has 0 radical (unpaired) electrons. The molecule has 4 rings (SSSR count). The molecule has 39 heavy (non-hydrogen) atoms. The summed E-state index contributed by atoms with van der Waals surface area (Å²) in [4.78, 5) is 42.0. The average Bonchev–Trinajstić information content (AvgIpc) is 3.23. The Morgan fingerprint density at radius 2 is 1.79 bits per heavy atom. The van der Waals surface area contributed by atoms with Crippen molar-refractivity contribution in [1.29, 1.82) is 0 Å². The number of benzene rings is 2. The number of methoxy groups -OCH3 is 1. The Bertz CT molecular complexity index is 1630. The number of aromatic nitrogens is 1. The van der Waals surface area contributed by atoms with Crippen LogP contribution in [-0.4, -0.2) is 48.5 Å². The molecule has 12 heteroatoms. The van der Waals surface area contributed by atoms with Crippen LogP contribution in [0.2, 0.25) is 0 Å². The number of carboxylic acid groups (broad SMARTS) is 1. The molecule has 2 heterocycles. The van der Waals surface area contributed by atoms with Crippen molar-refractivity contribution in [2.45, 2.75) is 19.9 Å². The number of hydrogen-bond acceptors (Lipinski definition) is 9. The van der Waals surface area contributed by atoms with Gasteiger partial charge >= 0.3 is 11.9 Å². The summed E-state index contributed by atoms with van der Waals surface area (Å²) in [6, 6.07) is 9.52. The molecular weight excluding hydrogens is 592 g/mol. The highest BCUT2D eigenvalue weighted by atomic mass is 79.9. The topological polar surface area (TPSA) is 126 Å². The lowest BCUT2D eigenvalue weighted by molar-refractivity contribution is -0.139. The monoisotopic (exact) mass is 616 g/mol. The maximum Gasteiger partial charge on any atom is 0.341 e. The maximum absolute atomic E-state index is 13.7. The first-order valence-corrected chi connectivity index (χ1v) is 13.5. The SMILES string of the molecule is CCOc1ccc([C@H]2C(C(=O)OC)=CN=c3s/c(=C\c4ccc(OCC(=O)O)c(Br)c4)c(=O)n32)cc1OCC. The van der Waals surface area contributed by atoms with Gasteiger partial charge in [-0.3, -0.25) is 9.36 Å². The van der Waals surface area contributed by atoms with Gasteiger partial charge in [0.15, 0.2) is 22.9 Å². The van der Waals surface area contributed by atoms with Crippen LogP contribution in [0.15, 0.2) is 62.4 Å². The van der Waals surface area contributed by atoms with E-state index < -0.39 is 24.6 Å². The quantitative estimate of drug-likeness (QED) is 0.345. The summed E-state index contributed by atoms with van der Waals surface area (Å²) in [7, 11) is 1.27. The third-order valence-corrected chi connectivity index (χ3v) is 7.23. The van der Waals surface area contributed by atoms with E-state index in [0.29, 0.717) is 55.4 Å². The Labute approximate surface area is 235 Å². The predicted octanol–water partition coefficient (Wildman–Crippen LogP) is 3.04. The lowest BCUT2D eigenvalue weighted by Gasteiger charge is -2.23. The molecule has 1 atom stereocenters. The molecule has 10 nitrogen and oxygen atoms in total. The van der Waals surface area contributed by atoms with Crippen LogP contribution in [0.3, 0.4) is 0 Å². The van der Waals surface area contributed by atoms with Crippen molar-refractivity contribution in [3.8, 4) is 17.2 Å². The van der Waals surface area contributed by atoms with Crippen molar-refractivity contribution < 1.29 is 33.6 Å². The summed E-state index contributed by atoms with van der Waals surface area (Å²) < 4.78 is 24.1. The highest BCUT2D eigenvalue weighted by molar-refractivity contribution is 9.10. The first kappa shape index (κ1) is 28.1. The molecule has 0 bridgehead atoms. The molecule has 0 fully saturated rings. The molecule has 2 aromatic carbocycles. The number of esters is 1. The van der Waals surface area contributed by atoms with Crippen LogP contribution in [0.5, 0.6) is 17.2 Å². The van der Waals surface area contributed by atoms with Crippen molar-refractivity contribution in [2.24, 2.45) is 4.99 Å². The van der Waals surface area contributed by atoms with Crippen LogP contribution in [-0.2, 0) is 14.3 Å². The van der Waals surface area contributed by atoms with Crippen molar-refractivity contribution in [2.75, 3.05) is 26.9 Å². The molecule has 0 saturated heterocycles. The number of carbonyl (C=O) groups is 2. The Morgan fingerprint density at radius 3 is 2.46 bits per heavy atom. The van der Waals surface area contributed by atoms with E-state index in [9.17, 15) is 14.4 Å². The molecule has 0 saturated carbocycles. The van der Waals surface area contributed by atoms with Crippen LogP contribution in [0.4, 0.5) is 0 Å². The molecule has 1 aliphatic rings. The largest absolute Gasteiger partial charge is 0.490 e. The second kappa shape index (κ2) is 12.3. The minimum absolute atomic E-state index is 0.200. The highest BCUT2D eigenvalue weighted by Gasteiger charge is 2.31. The molecule has 0 aliphatic carbocycles. The van der Waals surface area contributed by atoms with E-state index in [1.165, 1.54) is 29.2 Å². The standard InChI is InChI=1S/C27H25BrN2O8S/c1-4-36-20-9-7-16(12-21(20)37-5-2)24-17(26(34)35-3)13-29-27-30(24)25(33)22(39-27)11-15-6-8-19(18(28)10-15)38-14-23(31)32/h6-13,24H,4-5,14H2,1-3H3,(H,31,32)/b22-11-/t24-/m0/s1. The van der Waals surface area contributed by atoms with Gasteiger partial charge in [-0.1, -0.05) is 23.5 Å². The van der Waals surface area contributed by atoms with Crippen LogP contribution < -0.4 is 29.1 Å². The van der Waals surface area contributed by atoms with Gasteiger partial charge in [-0.2, -0.15) is 0 Å². The summed E-state index contributed by atoms with van der Waals surface area (Å²) in [6.07, 6.45) is 3.12. The Balaban J connectivity index is 1.82. The summed E-state index contributed by atoms with van der Waals surface area (Å²) >= 11 is 4.55. The summed E-state index contributed by atoms with van der Waals surface area (Å²) in [5.41, 5.74) is 1.17. The number of aliphatic carboxylic acids is 1. The van der Waals surface area contributed by atoms with E-state index in [1.807, 2.05) is 13.8 Å². The first-order valence-electron chi connectivity index (χ1n) is 11.9. The molecule has 1 aromatic heterocycles. The highest BCUT2D eigenvalue weighted by Crippen LogP contribution is 2.35. The molecule has 1 aliphatic heterocycles. The summed E-state index contributed by atoms with van der Waals surface area (Å²) in [5, 5.41) is 8.84. The van der Waals surface area contributed by atoms with E-state index in [2.05, 4.69) is 20.9 Å². The molecule has 1 N–H and O–H groups in total. The van der Waals surface area contributed by atoms with E-state index in [1.54, 1.807) is 42.5 Å². The molecular formula is C27H25BrN2O8S. The fourth-order valence-electron chi connectivity index (χ4n) is 4.00. The number of nitrogens with zero attached hydrogens (tertiary/aromatic N) is 2. The maximum atomic E-state index is 13.7. The van der Waals surface area contributed by atoms with Crippen molar-refractivity contribution in [3.63, 3.8) is 0 Å². The number of fused-ring (bicyclic) bond motifs is 1. The zero-order valence-corrected chi connectivity index (χ0v) is 23.7. The zero-order chi connectivity index (χ0) is 28.1. The van der Waals surface area contributed by atoms with Crippen LogP contribution in [0.1, 0.15) is 31.0 Å². The minimum Gasteiger partial charge on any atom is -0.490 e. The van der Waals surface area contributed by atoms with Crippen molar-refractivity contribution in [1.82, 2.24) is 4.57 Å². The van der Waals surface area contributed by atoms with E-state index in [4.69, 9.17) is 24.1 Å². The fourth-order valence-corrected chi connectivity index (χ4v) is 5.48. The molecule has 0 amide bonds. The Kier molecular flexibility index (Phi) is 8.87. The molecule has 3 aromatic rings. The smallest absolute Gasteiger partial charge is 0.341 e. The third-order valence-electron chi connectivity index (χ3n) is 5.61. The number of rotatable bonds is 10. The van der Waals surface area contributed by atoms with Gasteiger partial charge in [-0.15, -0.1) is 0 Å². The predicted molar refractivity (Wildman–Crippen MR) is 147 cm³/mol. The Hall–Kier alpha value is -3.90. The first-order chi connectivity index (χ1) is 18.8. The number of thiazole rings is 1. The lowest BCUT2D eigenvalue weighted by atomic mass is 9.97. The summed E-state index contributed by atoms with van der Waals surface area (Å²) in [5.74, 6) is -0.283. The van der Waals surface area contributed by atoms with E-state index in [-0.39, 0.29) is 11.1 Å². The van der Waals surface area contributed by atoms with Gasteiger partial charge in [0.05, 0.1) is 40.9 Å². The second-order valence-electron chi connectivity index (χ2n) is 8.12. The minimum atomic E-state index is -1.09. The van der Waals surface area contributed by atoms with Gasteiger partial charge in [0, 0.05) is 6.20 Å². The number of ether oxygens (including phenoxy) is 4.